The molecule has 0 unspecified atom stereocenters. The van der Waals surface area contributed by atoms with Crippen molar-refractivity contribution < 1.29 is 0 Å². The Morgan fingerprint density at radius 3 is 1.56 bits per heavy atom. The fourth-order valence-electron chi connectivity index (χ4n) is 7.28. The van der Waals surface area contributed by atoms with Gasteiger partial charge in [-0.25, -0.2) is 0 Å². The topological polar surface area (TPSA) is 11.4 Å². The van der Waals surface area contributed by atoms with Crippen LogP contribution in [0.3, 0.4) is 0 Å². The summed E-state index contributed by atoms with van der Waals surface area (Å²) in [4.78, 5) is 4.57. The van der Waals surface area contributed by atoms with Crippen molar-refractivity contribution in [2.24, 2.45) is 0 Å². The van der Waals surface area contributed by atoms with E-state index in [4.69, 9.17) is 0 Å². The quantitative estimate of drug-likeness (QED) is 0.172. The molecule has 0 aliphatic heterocycles. The average molecular weight is 642 g/mol. The third kappa shape index (κ3) is 5.17. The van der Waals surface area contributed by atoms with Crippen molar-refractivity contribution in [1.29, 1.82) is 0 Å². The van der Waals surface area contributed by atoms with Gasteiger partial charge in [-0.2, -0.15) is 0 Å². The lowest BCUT2D eigenvalue weighted by atomic mass is 10.0. The first-order chi connectivity index (χ1) is 24.7. The number of hydrogen-bond acceptors (Lipinski definition) is 2. The molecule has 0 radical (unpaired) electrons. The molecule has 9 rings (SSSR count). The second kappa shape index (κ2) is 12.5. The fourth-order valence-corrected chi connectivity index (χ4v) is 7.28. The minimum absolute atomic E-state index is 1.11. The molecule has 0 fully saturated rings. The van der Waals surface area contributed by atoms with Gasteiger partial charge in [0, 0.05) is 51.9 Å². The number of para-hydroxylation sites is 3. The van der Waals surface area contributed by atoms with Crippen molar-refractivity contribution in [3.8, 4) is 16.8 Å². The summed E-state index contributed by atoms with van der Waals surface area (Å²) in [5, 5.41) is 5.01. The summed E-state index contributed by atoms with van der Waals surface area (Å²) in [6.45, 7) is 0. The van der Waals surface area contributed by atoms with Crippen molar-refractivity contribution in [3.63, 3.8) is 0 Å². The standard InChI is InChI=1S/C47H35N3/c1-48(37-14-5-2-6-15-37)38-26-21-34(22-27-38)35-23-28-41(29-24-35)49(39-16-7-3-8-17-39)42-30-32-45-44(33-42)47-43-20-12-11-13-36(43)25-31-46(47)50(45)40-18-9-4-10-19-40/h2-33H,1H3. The molecule has 3 nitrogen and oxygen atoms in total. The van der Waals surface area contributed by atoms with Gasteiger partial charge >= 0.3 is 0 Å². The van der Waals surface area contributed by atoms with E-state index in [1.165, 1.54) is 49.4 Å². The largest absolute Gasteiger partial charge is 0.345 e. The number of aromatic nitrogens is 1. The SMILES string of the molecule is CN(c1ccccc1)c1ccc(-c2ccc(N(c3ccccc3)c3ccc4c(c3)c3c5ccccc5ccc3n4-c3ccccc3)cc2)cc1. The van der Waals surface area contributed by atoms with Gasteiger partial charge in [-0.1, -0.05) is 109 Å². The van der Waals surface area contributed by atoms with E-state index < -0.39 is 0 Å². The summed E-state index contributed by atoms with van der Waals surface area (Å²) in [5.74, 6) is 0. The summed E-state index contributed by atoms with van der Waals surface area (Å²) in [6, 6.07) is 69.7. The Hall–Kier alpha value is -6.58. The highest BCUT2D eigenvalue weighted by Gasteiger charge is 2.19. The molecular weight excluding hydrogens is 607 g/mol. The zero-order valence-electron chi connectivity index (χ0n) is 27.8. The Morgan fingerprint density at radius 2 is 0.880 bits per heavy atom. The third-order valence-corrected chi connectivity index (χ3v) is 9.78. The minimum atomic E-state index is 1.11. The molecule has 0 N–H and O–H groups in total. The molecule has 50 heavy (non-hydrogen) atoms. The summed E-state index contributed by atoms with van der Waals surface area (Å²) < 4.78 is 2.39. The van der Waals surface area contributed by atoms with Crippen LogP contribution in [0.25, 0.3) is 49.4 Å². The first-order valence-corrected chi connectivity index (χ1v) is 17.1. The zero-order chi connectivity index (χ0) is 33.4. The zero-order valence-corrected chi connectivity index (χ0v) is 27.8. The van der Waals surface area contributed by atoms with E-state index in [1.807, 2.05) is 6.07 Å². The van der Waals surface area contributed by atoms with Gasteiger partial charge in [-0.05, 0) is 107 Å². The highest BCUT2D eigenvalue weighted by atomic mass is 15.1. The number of rotatable bonds is 7. The Morgan fingerprint density at radius 1 is 0.380 bits per heavy atom. The van der Waals surface area contributed by atoms with Gasteiger partial charge in [0.05, 0.1) is 11.0 Å². The van der Waals surface area contributed by atoms with Crippen molar-refractivity contribution in [1.82, 2.24) is 4.57 Å². The molecule has 0 spiro atoms. The highest BCUT2D eigenvalue weighted by Crippen LogP contribution is 2.42. The van der Waals surface area contributed by atoms with Crippen LogP contribution < -0.4 is 9.80 Å². The molecule has 0 amide bonds. The Labute approximate surface area is 292 Å². The predicted octanol–water partition coefficient (Wildman–Crippen LogP) is 12.8. The van der Waals surface area contributed by atoms with Gasteiger partial charge in [0.1, 0.15) is 0 Å². The molecule has 1 aromatic heterocycles. The second-order valence-electron chi connectivity index (χ2n) is 12.7. The molecule has 0 atom stereocenters. The number of nitrogens with zero attached hydrogens (tertiary/aromatic N) is 3. The van der Waals surface area contributed by atoms with E-state index in [9.17, 15) is 0 Å². The van der Waals surface area contributed by atoms with Crippen LogP contribution in [0.5, 0.6) is 0 Å². The molecule has 238 valence electrons. The number of anilines is 5. The molecule has 3 heteroatoms. The van der Waals surface area contributed by atoms with Crippen LogP contribution in [0.15, 0.2) is 194 Å². The average Bonchev–Trinajstić information content (AvgIpc) is 3.53. The monoisotopic (exact) mass is 641 g/mol. The van der Waals surface area contributed by atoms with E-state index in [2.05, 4.69) is 209 Å². The van der Waals surface area contributed by atoms with Crippen molar-refractivity contribution in [2.45, 2.75) is 0 Å². The van der Waals surface area contributed by atoms with Crippen LogP contribution >= 0.6 is 0 Å². The molecule has 9 aromatic rings. The molecule has 1 heterocycles. The Bertz CT molecular complexity index is 2570. The molecule has 0 aliphatic carbocycles. The number of hydrogen-bond donors (Lipinski definition) is 0. The van der Waals surface area contributed by atoms with Gasteiger partial charge in [0.15, 0.2) is 0 Å². The van der Waals surface area contributed by atoms with Gasteiger partial charge in [0.2, 0.25) is 0 Å². The highest BCUT2D eigenvalue weighted by molar-refractivity contribution is 6.22. The maximum atomic E-state index is 2.39. The van der Waals surface area contributed by atoms with Crippen LogP contribution in [-0.2, 0) is 0 Å². The van der Waals surface area contributed by atoms with E-state index in [0.29, 0.717) is 0 Å². The van der Waals surface area contributed by atoms with E-state index in [1.54, 1.807) is 0 Å². The molecule has 0 saturated carbocycles. The Balaban J connectivity index is 1.15. The molecule has 0 bridgehead atoms. The van der Waals surface area contributed by atoms with Gasteiger partial charge in [0.25, 0.3) is 0 Å². The van der Waals surface area contributed by atoms with E-state index >= 15 is 0 Å². The van der Waals surface area contributed by atoms with Crippen molar-refractivity contribution in [2.75, 3.05) is 16.8 Å². The van der Waals surface area contributed by atoms with Gasteiger partial charge in [-0.3, -0.25) is 0 Å². The van der Waals surface area contributed by atoms with Crippen LogP contribution in [0.1, 0.15) is 0 Å². The van der Waals surface area contributed by atoms with Gasteiger partial charge in [-0.15, -0.1) is 0 Å². The number of fused-ring (bicyclic) bond motifs is 5. The molecule has 0 saturated heterocycles. The fraction of sp³-hybridized carbons (Fsp3) is 0.0213. The first kappa shape index (κ1) is 29.6. The van der Waals surface area contributed by atoms with Crippen LogP contribution in [-0.4, -0.2) is 11.6 Å². The minimum Gasteiger partial charge on any atom is -0.345 e. The lowest BCUT2D eigenvalue weighted by molar-refractivity contribution is 1.18. The van der Waals surface area contributed by atoms with E-state index in [-0.39, 0.29) is 0 Å². The van der Waals surface area contributed by atoms with Crippen LogP contribution in [0.4, 0.5) is 28.4 Å². The predicted molar refractivity (Wildman–Crippen MR) is 213 cm³/mol. The van der Waals surface area contributed by atoms with Crippen molar-refractivity contribution >= 4 is 61.0 Å². The second-order valence-corrected chi connectivity index (χ2v) is 12.7. The maximum Gasteiger partial charge on any atom is 0.0547 e. The molecular formula is C47H35N3. The third-order valence-electron chi connectivity index (χ3n) is 9.78. The lowest BCUT2D eigenvalue weighted by Crippen LogP contribution is -2.09. The Kier molecular flexibility index (Phi) is 7.37. The smallest absolute Gasteiger partial charge is 0.0547 e. The molecule has 0 aliphatic rings. The summed E-state index contributed by atoms with van der Waals surface area (Å²) in [6.07, 6.45) is 0. The van der Waals surface area contributed by atoms with Crippen molar-refractivity contribution in [3.05, 3.63) is 194 Å². The van der Waals surface area contributed by atoms with E-state index in [0.717, 1.165) is 28.4 Å². The summed E-state index contributed by atoms with van der Waals surface area (Å²) in [7, 11) is 2.11. The maximum absolute atomic E-state index is 2.39. The van der Waals surface area contributed by atoms with Crippen LogP contribution in [0, 0.1) is 0 Å². The number of benzene rings is 8. The van der Waals surface area contributed by atoms with Gasteiger partial charge < -0.3 is 14.4 Å². The summed E-state index contributed by atoms with van der Waals surface area (Å²) in [5.41, 5.74) is 11.6. The normalized spacial score (nSPS) is 11.3. The first-order valence-electron chi connectivity index (χ1n) is 17.1. The molecule has 8 aromatic carbocycles. The summed E-state index contributed by atoms with van der Waals surface area (Å²) >= 11 is 0. The lowest BCUT2D eigenvalue weighted by Gasteiger charge is -2.26. The van der Waals surface area contributed by atoms with Crippen LogP contribution in [0.2, 0.25) is 0 Å².